The summed E-state index contributed by atoms with van der Waals surface area (Å²) in [5.74, 6) is -1.60. The highest BCUT2D eigenvalue weighted by Crippen LogP contribution is 2.02. The van der Waals surface area contributed by atoms with Crippen LogP contribution in [0.4, 0.5) is 5.82 Å². The van der Waals surface area contributed by atoms with E-state index in [2.05, 4.69) is 25.3 Å². The average Bonchev–Trinajstić information content (AvgIpc) is 2.97. The molecule has 0 aromatic carbocycles. The molecule has 0 aliphatic heterocycles. The van der Waals surface area contributed by atoms with Crippen molar-refractivity contribution in [2.24, 2.45) is 0 Å². The number of anilines is 1. The third-order valence-electron chi connectivity index (χ3n) is 2.56. The van der Waals surface area contributed by atoms with Gasteiger partial charge in [0.2, 0.25) is 0 Å². The van der Waals surface area contributed by atoms with E-state index in [1.807, 2.05) is 4.98 Å². The molecule has 11 heteroatoms. The summed E-state index contributed by atoms with van der Waals surface area (Å²) >= 11 is 0. The molecule has 0 fully saturated rings. The van der Waals surface area contributed by atoms with Gasteiger partial charge in [-0.1, -0.05) is 5.16 Å². The number of carbonyl (C=O) groups is 2. The summed E-state index contributed by atoms with van der Waals surface area (Å²) in [5.41, 5.74) is -2.11. The zero-order chi connectivity index (χ0) is 16.1. The maximum atomic E-state index is 11.9. The molecule has 0 spiro atoms. The molecule has 0 saturated carbocycles. The molecule has 11 nitrogen and oxygen atoms in total. The minimum absolute atomic E-state index is 0.0968. The van der Waals surface area contributed by atoms with Gasteiger partial charge in [0.05, 0.1) is 6.61 Å². The monoisotopic (exact) mass is 309 g/mol. The van der Waals surface area contributed by atoms with Gasteiger partial charge in [-0.05, 0) is 0 Å². The molecule has 2 heterocycles. The molecular formula is C11H11N5O6. The summed E-state index contributed by atoms with van der Waals surface area (Å²) in [4.78, 5) is 50.0. The maximum Gasteiger partial charge on any atom is 0.325 e. The van der Waals surface area contributed by atoms with Crippen LogP contribution in [0, 0.1) is 0 Å². The summed E-state index contributed by atoms with van der Waals surface area (Å²) in [5, 5.41) is 17.1. The number of nitrogens with zero attached hydrogens (tertiary/aromatic N) is 1. The average molecular weight is 309 g/mol. The largest absolute Gasteiger partial charge is 0.394 e. The smallest absolute Gasteiger partial charge is 0.325 e. The lowest BCUT2D eigenvalue weighted by atomic mass is 10.2. The predicted molar refractivity (Wildman–Crippen MR) is 71.2 cm³/mol. The third kappa shape index (κ3) is 3.46. The number of aromatic amines is 2. The van der Waals surface area contributed by atoms with Crippen LogP contribution in [0.15, 0.2) is 32.6 Å². The second kappa shape index (κ2) is 6.49. The first kappa shape index (κ1) is 15.2. The van der Waals surface area contributed by atoms with Crippen LogP contribution in [0.1, 0.15) is 10.4 Å². The molecule has 0 bridgehead atoms. The second-order valence-electron chi connectivity index (χ2n) is 4.07. The van der Waals surface area contributed by atoms with Crippen molar-refractivity contribution in [1.29, 1.82) is 0 Å². The lowest BCUT2D eigenvalue weighted by Gasteiger charge is -2.14. The lowest BCUT2D eigenvalue weighted by Crippen LogP contribution is -2.47. The Morgan fingerprint density at radius 1 is 1.41 bits per heavy atom. The van der Waals surface area contributed by atoms with E-state index in [-0.39, 0.29) is 5.82 Å². The Morgan fingerprint density at radius 3 is 2.77 bits per heavy atom. The van der Waals surface area contributed by atoms with Gasteiger partial charge in [0.15, 0.2) is 5.82 Å². The number of H-pyrrole nitrogens is 2. The molecule has 2 amide bonds. The van der Waals surface area contributed by atoms with Crippen molar-refractivity contribution in [3.8, 4) is 0 Å². The molecule has 116 valence electrons. The van der Waals surface area contributed by atoms with Gasteiger partial charge in [-0.2, -0.15) is 0 Å². The minimum atomic E-state index is -1.32. The normalized spacial score (nSPS) is 11.7. The number of hydrogen-bond acceptors (Lipinski definition) is 7. The summed E-state index contributed by atoms with van der Waals surface area (Å²) in [6, 6.07) is 0.0383. The number of amides is 2. The van der Waals surface area contributed by atoms with Gasteiger partial charge in [-0.3, -0.25) is 19.4 Å². The Morgan fingerprint density at radius 2 is 2.18 bits per heavy atom. The topological polar surface area (TPSA) is 170 Å². The molecule has 0 radical (unpaired) electrons. The van der Waals surface area contributed by atoms with Gasteiger partial charge in [0, 0.05) is 12.3 Å². The Balaban J connectivity index is 2.09. The zero-order valence-electron chi connectivity index (χ0n) is 11.0. The van der Waals surface area contributed by atoms with Crippen LogP contribution in [0.25, 0.3) is 0 Å². The molecular weight excluding hydrogens is 298 g/mol. The lowest BCUT2D eigenvalue weighted by molar-refractivity contribution is -0.118. The Bertz CT molecular complexity index is 777. The van der Waals surface area contributed by atoms with Gasteiger partial charge in [0.1, 0.15) is 17.9 Å². The van der Waals surface area contributed by atoms with E-state index in [1.54, 1.807) is 0 Å². The van der Waals surface area contributed by atoms with Crippen molar-refractivity contribution < 1.29 is 19.2 Å². The van der Waals surface area contributed by atoms with Crippen LogP contribution in [0.3, 0.4) is 0 Å². The Labute approximate surface area is 121 Å². The predicted octanol–water partition coefficient (Wildman–Crippen LogP) is -2.22. The third-order valence-corrected chi connectivity index (χ3v) is 2.56. The molecule has 22 heavy (non-hydrogen) atoms. The maximum absolute atomic E-state index is 11.9. The summed E-state index contributed by atoms with van der Waals surface area (Å²) in [6.45, 7) is -0.712. The van der Waals surface area contributed by atoms with Crippen molar-refractivity contribution in [3.05, 3.63) is 44.9 Å². The van der Waals surface area contributed by atoms with Crippen molar-refractivity contribution in [2.45, 2.75) is 6.04 Å². The molecule has 2 aromatic rings. The van der Waals surface area contributed by atoms with Gasteiger partial charge in [-0.25, -0.2) is 4.79 Å². The van der Waals surface area contributed by atoms with Crippen LogP contribution >= 0.6 is 0 Å². The van der Waals surface area contributed by atoms with Gasteiger partial charge in [0.25, 0.3) is 17.4 Å². The van der Waals surface area contributed by atoms with E-state index in [0.717, 1.165) is 6.20 Å². The van der Waals surface area contributed by atoms with E-state index in [9.17, 15) is 24.3 Å². The molecule has 2 aromatic heterocycles. The van der Waals surface area contributed by atoms with Crippen molar-refractivity contribution in [2.75, 3.05) is 11.9 Å². The van der Waals surface area contributed by atoms with Crippen molar-refractivity contribution in [1.82, 2.24) is 20.4 Å². The number of aliphatic hydroxyl groups excluding tert-OH is 1. The van der Waals surface area contributed by atoms with Crippen LogP contribution in [-0.4, -0.2) is 44.7 Å². The van der Waals surface area contributed by atoms with Crippen LogP contribution in [0.5, 0.6) is 0 Å². The molecule has 1 unspecified atom stereocenters. The summed E-state index contributed by atoms with van der Waals surface area (Å²) < 4.78 is 4.51. The van der Waals surface area contributed by atoms with Crippen molar-refractivity contribution in [3.63, 3.8) is 0 Å². The van der Waals surface area contributed by atoms with Crippen LogP contribution in [0.2, 0.25) is 0 Å². The highest BCUT2D eigenvalue weighted by molar-refractivity contribution is 6.00. The fraction of sp³-hybridized carbons (Fsp3) is 0.182. The van der Waals surface area contributed by atoms with E-state index in [4.69, 9.17) is 0 Å². The molecule has 1 atom stereocenters. The SMILES string of the molecule is O=C(NC(CO)C(=O)Nc1ccon1)c1c[nH]c(=O)[nH]c1=O. The number of rotatable bonds is 5. The van der Waals surface area contributed by atoms with Gasteiger partial charge < -0.3 is 25.2 Å². The minimum Gasteiger partial charge on any atom is -0.394 e. The quantitative estimate of drug-likeness (QED) is 0.416. The Hall–Kier alpha value is -3.21. The number of aliphatic hydroxyl groups is 1. The molecule has 0 aliphatic carbocycles. The zero-order valence-corrected chi connectivity index (χ0v) is 11.0. The first-order valence-electron chi connectivity index (χ1n) is 5.96. The molecule has 5 N–H and O–H groups in total. The van der Waals surface area contributed by atoms with Crippen LogP contribution < -0.4 is 21.9 Å². The van der Waals surface area contributed by atoms with E-state index in [0.29, 0.717) is 0 Å². The van der Waals surface area contributed by atoms with Crippen molar-refractivity contribution >= 4 is 17.6 Å². The number of nitrogens with one attached hydrogen (secondary N) is 4. The number of hydrogen-bond donors (Lipinski definition) is 5. The molecule has 0 aliphatic rings. The van der Waals surface area contributed by atoms with Gasteiger partial charge in [-0.15, -0.1) is 0 Å². The highest BCUT2D eigenvalue weighted by atomic mass is 16.5. The first-order chi connectivity index (χ1) is 10.5. The fourth-order valence-corrected chi connectivity index (χ4v) is 1.50. The van der Waals surface area contributed by atoms with E-state index >= 15 is 0 Å². The van der Waals surface area contributed by atoms with E-state index in [1.165, 1.54) is 12.3 Å². The highest BCUT2D eigenvalue weighted by Gasteiger charge is 2.22. The first-order valence-corrected chi connectivity index (χ1v) is 5.96. The summed E-state index contributed by atoms with van der Waals surface area (Å²) in [7, 11) is 0. The van der Waals surface area contributed by atoms with Crippen LogP contribution in [-0.2, 0) is 4.79 Å². The van der Waals surface area contributed by atoms with Gasteiger partial charge >= 0.3 is 5.69 Å². The number of carbonyl (C=O) groups excluding carboxylic acids is 2. The fourth-order valence-electron chi connectivity index (χ4n) is 1.50. The second-order valence-corrected chi connectivity index (χ2v) is 4.07. The van der Waals surface area contributed by atoms with E-state index < -0.39 is 41.3 Å². The Kier molecular flexibility index (Phi) is 4.48. The molecule has 2 rings (SSSR count). The number of aromatic nitrogens is 3. The summed E-state index contributed by atoms with van der Waals surface area (Å²) in [6.07, 6.45) is 2.13. The standard InChI is InChI=1S/C11H11N5O6/c17-4-6(10(20)14-7-1-2-22-16-7)13-8(18)5-3-12-11(21)15-9(5)19/h1-3,6,17H,4H2,(H,13,18)(H,14,16,20)(H2,12,15,19,21). The molecule has 0 saturated heterocycles.